The molecule has 21 heavy (non-hydrogen) atoms. The number of hydrogen-bond acceptors (Lipinski definition) is 3. The Morgan fingerprint density at radius 3 is 2.43 bits per heavy atom. The molecule has 0 saturated heterocycles. The van der Waals surface area contributed by atoms with Crippen molar-refractivity contribution < 1.29 is 9.72 Å². The van der Waals surface area contributed by atoms with Crippen molar-refractivity contribution in [2.24, 2.45) is 0 Å². The molecular weight excluding hydrogens is 268 g/mol. The largest absolute Gasteiger partial charge is 0.349 e. The van der Waals surface area contributed by atoms with Crippen molar-refractivity contribution in [3.63, 3.8) is 0 Å². The highest BCUT2D eigenvalue weighted by Gasteiger charge is 2.20. The fraction of sp³-hybridized carbons (Fsp3) is 0.188. The average molecular weight is 284 g/mol. The van der Waals surface area contributed by atoms with Crippen LogP contribution in [0.3, 0.4) is 0 Å². The zero-order valence-corrected chi connectivity index (χ0v) is 11.7. The Hall–Kier alpha value is -2.69. The smallest absolute Gasteiger partial charge is 0.282 e. The molecule has 0 aliphatic heterocycles. The minimum atomic E-state index is -0.545. The second kappa shape index (κ2) is 6.65. The van der Waals surface area contributed by atoms with E-state index in [0.717, 1.165) is 5.56 Å². The molecule has 2 aromatic rings. The number of para-hydroxylation sites is 1. The minimum Gasteiger partial charge on any atom is -0.349 e. The number of nitro benzene ring substituents is 1. The maximum absolute atomic E-state index is 12.2. The molecule has 108 valence electrons. The summed E-state index contributed by atoms with van der Waals surface area (Å²) in [5, 5.41) is 13.7. The van der Waals surface area contributed by atoms with Crippen molar-refractivity contribution in [1.29, 1.82) is 0 Å². The number of carbonyl (C=O) groups excluding carboxylic acids is 1. The summed E-state index contributed by atoms with van der Waals surface area (Å²) >= 11 is 0. The number of nitro groups is 1. The number of nitrogens with zero attached hydrogens (tertiary/aromatic N) is 1. The second-order valence-electron chi connectivity index (χ2n) is 4.84. The van der Waals surface area contributed by atoms with Crippen LogP contribution in [0.4, 0.5) is 5.69 Å². The lowest BCUT2D eigenvalue weighted by molar-refractivity contribution is -0.385. The third kappa shape index (κ3) is 3.89. The Morgan fingerprint density at radius 2 is 1.76 bits per heavy atom. The fourth-order valence-corrected chi connectivity index (χ4v) is 2.15. The van der Waals surface area contributed by atoms with E-state index < -0.39 is 10.8 Å². The monoisotopic (exact) mass is 284 g/mol. The van der Waals surface area contributed by atoms with Gasteiger partial charge in [0.1, 0.15) is 5.56 Å². The van der Waals surface area contributed by atoms with E-state index in [4.69, 9.17) is 0 Å². The summed E-state index contributed by atoms with van der Waals surface area (Å²) < 4.78 is 0. The molecule has 0 heterocycles. The van der Waals surface area contributed by atoms with Gasteiger partial charge in [-0.15, -0.1) is 0 Å². The van der Waals surface area contributed by atoms with Crippen LogP contribution in [0.15, 0.2) is 54.6 Å². The molecule has 5 nitrogen and oxygen atoms in total. The number of hydrogen-bond donors (Lipinski definition) is 1. The van der Waals surface area contributed by atoms with Crippen molar-refractivity contribution in [2.75, 3.05) is 0 Å². The lowest BCUT2D eigenvalue weighted by Gasteiger charge is -2.14. The first-order chi connectivity index (χ1) is 10.1. The third-order valence-electron chi connectivity index (χ3n) is 3.11. The van der Waals surface area contributed by atoms with Gasteiger partial charge in [-0.25, -0.2) is 0 Å². The summed E-state index contributed by atoms with van der Waals surface area (Å²) in [6.07, 6.45) is 0.674. The van der Waals surface area contributed by atoms with Gasteiger partial charge in [-0.2, -0.15) is 0 Å². The minimum absolute atomic E-state index is 0.0856. The van der Waals surface area contributed by atoms with Gasteiger partial charge in [0.15, 0.2) is 0 Å². The highest BCUT2D eigenvalue weighted by atomic mass is 16.6. The number of amides is 1. The van der Waals surface area contributed by atoms with Gasteiger partial charge in [-0.3, -0.25) is 14.9 Å². The van der Waals surface area contributed by atoms with Crippen molar-refractivity contribution in [2.45, 2.75) is 19.4 Å². The molecule has 0 saturated carbocycles. The maximum atomic E-state index is 12.2. The van der Waals surface area contributed by atoms with Gasteiger partial charge in [0.25, 0.3) is 11.6 Å². The standard InChI is InChI=1S/C16H16N2O3/c1-12(11-13-7-3-2-4-8-13)17-16(19)14-9-5-6-10-15(14)18(20)21/h2-10,12H,11H2,1H3,(H,17,19)/t12-/m0/s1. The van der Waals surface area contributed by atoms with Gasteiger partial charge in [0.2, 0.25) is 0 Å². The van der Waals surface area contributed by atoms with Crippen LogP contribution in [0.2, 0.25) is 0 Å². The predicted molar refractivity (Wildman–Crippen MR) is 80.2 cm³/mol. The van der Waals surface area contributed by atoms with E-state index in [2.05, 4.69) is 5.32 Å². The van der Waals surface area contributed by atoms with E-state index >= 15 is 0 Å². The van der Waals surface area contributed by atoms with Gasteiger partial charge in [-0.05, 0) is 25.0 Å². The van der Waals surface area contributed by atoms with E-state index in [-0.39, 0.29) is 17.3 Å². The molecule has 1 N–H and O–H groups in total. The Balaban J connectivity index is 2.06. The Kier molecular flexibility index (Phi) is 4.66. The van der Waals surface area contributed by atoms with Crippen molar-refractivity contribution >= 4 is 11.6 Å². The van der Waals surface area contributed by atoms with E-state index in [9.17, 15) is 14.9 Å². The lowest BCUT2D eigenvalue weighted by Crippen LogP contribution is -2.34. The molecule has 0 radical (unpaired) electrons. The first-order valence-electron chi connectivity index (χ1n) is 6.66. The van der Waals surface area contributed by atoms with Crippen molar-refractivity contribution in [3.8, 4) is 0 Å². The summed E-state index contributed by atoms with van der Waals surface area (Å²) in [7, 11) is 0. The molecule has 0 bridgehead atoms. The molecule has 0 aliphatic rings. The molecular formula is C16H16N2O3. The first-order valence-corrected chi connectivity index (χ1v) is 6.66. The number of benzene rings is 2. The van der Waals surface area contributed by atoms with E-state index in [0.29, 0.717) is 6.42 Å². The van der Waals surface area contributed by atoms with E-state index in [1.54, 1.807) is 12.1 Å². The predicted octanol–water partition coefficient (Wildman–Crippen LogP) is 2.96. The van der Waals surface area contributed by atoms with Crippen LogP contribution in [0.5, 0.6) is 0 Å². The van der Waals surface area contributed by atoms with Gasteiger partial charge < -0.3 is 5.32 Å². The zero-order valence-electron chi connectivity index (χ0n) is 11.7. The molecule has 5 heteroatoms. The normalized spacial score (nSPS) is 11.7. The number of rotatable bonds is 5. The molecule has 0 aromatic heterocycles. The summed E-state index contributed by atoms with van der Waals surface area (Å²) in [6.45, 7) is 1.87. The SMILES string of the molecule is C[C@@H](Cc1ccccc1)NC(=O)c1ccccc1[N+](=O)[O-]. The summed E-state index contributed by atoms with van der Waals surface area (Å²) in [5.41, 5.74) is 1.01. The van der Waals surface area contributed by atoms with Gasteiger partial charge >= 0.3 is 0 Å². The molecule has 1 amide bonds. The van der Waals surface area contributed by atoms with Crippen LogP contribution >= 0.6 is 0 Å². The van der Waals surface area contributed by atoms with Crippen LogP contribution in [-0.4, -0.2) is 16.9 Å². The fourth-order valence-electron chi connectivity index (χ4n) is 2.15. The highest BCUT2D eigenvalue weighted by molar-refractivity contribution is 5.98. The zero-order chi connectivity index (χ0) is 15.2. The van der Waals surface area contributed by atoms with Crippen LogP contribution in [0.25, 0.3) is 0 Å². The van der Waals surface area contributed by atoms with Crippen LogP contribution in [0.1, 0.15) is 22.8 Å². The topological polar surface area (TPSA) is 72.2 Å². The maximum Gasteiger partial charge on any atom is 0.282 e. The second-order valence-corrected chi connectivity index (χ2v) is 4.84. The lowest BCUT2D eigenvalue weighted by atomic mass is 10.1. The van der Waals surface area contributed by atoms with Crippen LogP contribution in [-0.2, 0) is 6.42 Å². The van der Waals surface area contributed by atoms with Crippen molar-refractivity contribution in [3.05, 3.63) is 75.8 Å². The molecule has 0 aliphatic carbocycles. The highest BCUT2D eigenvalue weighted by Crippen LogP contribution is 2.17. The summed E-state index contributed by atoms with van der Waals surface area (Å²) in [5.74, 6) is -0.425. The third-order valence-corrected chi connectivity index (χ3v) is 3.11. The Morgan fingerprint density at radius 1 is 1.14 bits per heavy atom. The molecule has 0 unspecified atom stereocenters. The van der Waals surface area contributed by atoms with Gasteiger partial charge in [0.05, 0.1) is 4.92 Å². The summed E-state index contributed by atoms with van der Waals surface area (Å²) in [6, 6.07) is 15.6. The molecule has 0 fully saturated rings. The summed E-state index contributed by atoms with van der Waals surface area (Å²) in [4.78, 5) is 22.5. The number of carbonyl (C=O) groups is 1. The van der Waals surface area contributed by atoms with E-state index in [1.165, 1.54) is 12.1 Å². The molecule has 1 atom stereocenters. The molecule has 2 aromatic carbocycles. The molecule has 0 spiro atoms. The van der Waals surface area contributed by atoms with Crippen LogP contribution < -0.4 is 5.32 Å². The van der Waals surface area contributed by atoms with E-state index in [1.807, 2.05) is 37.3 Å². The first kappa shape index (κ1) is 14.7. The van der Waals surface area contributed by atoms with Gasteiger partial charge in [0, 0.05) is 12.1 Å². The average Bonchev–Trinajstić information content (AvgIpc) is 2.48. The quantitative estimate of drug-likeness (QED) is 0.677. The van der Waals surface area contributed by atoms with Gasteiger partial charge in [-0.1, -0.05) is 42.5 Å². The Bertz CT molecular complexity index is 641. The Labute approximate surface area is 122 Å². The van der Waals surface area contributed by atoms with Crippen molar-refractivity contribution in [1.82, 2.24) is 5.32 Å². The molecule has 2 rings (SSSR count). The van der Waals surface area contributed by atoms with Crippen LogP contribution in [0, 0.1) is 10.1 Å². The number of nitrogens with one attached hydrogen (secondary N) is 1.